The summed E-state index contributed by atoms with van der Waals surface area (Å²) in [4.78, 5) is 12.3. The highest BCUT2D eigenvalue weighted by molar-refractivity contribution is 5.92. The number of carbonyl (C=O) groups is 1. The van der Waals surface area contributed by atoms with Gasteiger partial charge < -0.3 is 10.1 Å². The lowest BCUT2D eigenvalue weighted by Gasteiger charge is -2.11. The van der Waals surface area contributed by atoms with Crippen LogP contribution in [-0.2, 0) is 13.0 Å². The molecule has 7 nitrogen and oxygen atoms in total. The van der Waals surface area contributed by atoms with Crippen LogP contribution in [0.3, 0.4) is 0 Å². The van der Waals surface area contributed by atoms with Crippen molar-refractivity contribution in [2.45, 2.75) is 32.9 Å². The molecule has 0 aliphatic carbocycles. The Hall–Kier alpha value is -3.16. The number of nitrogens with one attached hydrogen (secondary N) is 3. The molecule has 1 aromatic carbocycles. The van der Waals surface area contributed by atoms with Crippen molar-refractivity contribution in [3.8, 4) is 5.75 Å². The Kier molecular flexibility index (Phi) is 5.31. The van der Waals surface area contributed by atoms with Crippen LogP contribution < -0.4 is 10.1 Å². The zero-order valence-corrected chi connectivity index (χ0v) is 14.5. The average Bonchev–Trinajstić information content (AvgIpc) is 3.22. The minimum absolute atomic E-state index is 0.0890. The number of nitrogens with zero attached hydrogens (tertiary/aromatic N) is 2. The first-order valence-corrected chi connectivity index (χ1v) is 8.24. The van der Waals surface area contributed by atoms with Gasteiger partial charge in [0.1, 0.15) is 23.9 Å². The first kappa shape index (κ1) is 17.7. The summed E-state index contributed by atoms with van der Waals surface area (Å²) in [5.74, 6) is -0.236. The molecule has 0 aliphatic heterocycles. The fraction of sp³-hybridized carbons (Fsp3) is 0.278. The van der Waals surface area contributed by atoms with Gasteiger partial charge in [0.2, 0.25) is 0 Å². The van der Waals surface area contributed by atoms with Crippen LogP contribution in [0.4, 0.5) is 4.39 Å². The average molecular weight is 357 g/mol. The number of ether oxygens (including phenoxy) is 1. The third kappa shape index (κ3) is 4.69. The van der Waals surface area contributed by atoms with Crippen LogP contribution in [0.5, 0.6) is 5.75 Å². The molecule has 0 radical (unpaired) electrons. The van der Waals surface area contributed by atoms with Crippen molar-refractivity contribution in [1.29, 1.82) is 0 Å². The summed E-state index contributed by atoms with van der Waals surface area (Å²) >= 11 is 0. The van der Waals surface area contributed by atoms with Crippen LogP contribution in [0.15, 0.2) is 36.4 Å². The summed E-state index contributed by atoms with van der Waals surface area (Å²) in [7, 11) is 0. The van der Waals surface area contributed by atoms with Crippen LogP contribution in [-0.4, -0.2) is 32.3 Å². The number of halogens is 1. The molecule has 1 atom stereocenters. The lowest BCUT2D eigenvalue weighted by molar-refractivity contribution is 0.0935. The van der Waals surface area contributed by atoms with E-state index in [0.29, 0.717) is 17.9 Å². The minimum Gasteiger partial charge on any atom is -0.487 e. The van der Waals surface area contributed by atoms with Crippen LogP contribution in [0, 0.1) is 12.7 Å². The monoisotopic (exact) mass is 357 g/mol. The molecule has 0 saturated heterocycles. The van der Waals surface area contributed by atoms with Crippen LogP contribution in [0.1, 0.15) is 34.5 Å². The molecular weight excluding hydrogens is 337 g/mol. The second kappa shape index (κ2) is 7.81. The molecule has 0 bridgehead atoms. The number of aromatic nitrogens is 4. The van der Waals surface area contributed by atoms with E-state index in [4.69, 9.17) is 4.74 Å². The zero-order chi connectivity index (χ0) is 18.5. The number of carbonyl (C=O) groups excluding carboxylic acids is 1. The molecule has 2 heterocycles. The first-order valence-electron chi connectivity index (χ1n) is 8.24. The highest BCUT2D eigenvalue weighted by Crippen LogP contribution is 2.14. The molecule has 0 fully saturated rings. The Morgan fingerprint density at radius 1 is 1.27 bits per heavy atom. The van der Waals surface area contributed by atoms with Gasteiger partial charge in [-0.2, -0.15) is 10.2 Å². The molecule has 136 valence electrons. The topological polar surface area (TPSA) is 95.7 Å². The fourth-order valence-corrected chi connectivity index (χ4v) is 2.51. The van der Waals surface area contributed by atoms with E-state index < -0.39 is 0 Å². The van der Waals surface area contributed by atoms with Crippen molar-refractivity contribution in [3.05, 3.63) is 65.0 Å². The SMILES string of the molecule is Cc1cc(C[C@@H](C)NC(=O)c2cc(COc3cccc(F)c3)[nH]n2)n[nH]1. The van der Waals surface area contributed by atoms with Gasteiger partial charge in [-0.05, 0) is 38.1 Å². The van der Waals surface area contributed by atoms with Gasteiger partial charge in [0.25, 0.3) is 5.91 Å². The number of aryl methyl sites for hydroxylation is 1. The summed E-state index contributed by atoms with van der Waals surface area (Å²) in [6.45, 7) is 3.99. The Morgan fingerprint density at radius 2 is 2.12 bits per heavy atom. The third-order valence-corrected chi connectivity index (χ3v) is 3.71. The molecule has 3 aromatic rings. The van der Waals surface area contributed by atoms with Gasteiger partial charge >= 0.3 is 0 Å². The highest BCUT2D eigenvalue weighted by Gasteiger charge is 2.15. The maximum atomic E-state index is 13.1. The third-order valence-electron chi connectivity index (χ3n) is 3.71. The van der Waals surface area contributed by atoms with E-state index in [-0.39, 0.29) is 30.1 Å². The molecule has 8 heteroatoms. The lowest BCUT2D eigenvalue weighted by Crippen LogP contribution is -2.34. The number of amides is 1. The van der Waals surface area contributed by atoms with Crippen molar-refractivity contribution in [2.24, 2.45) is 0 Å². The van der Waals surface area contributed by atoms with Gasteiger partial charge in [0.05, 0.1) is 11.4 Å². The molecule has 3 rings (SSSR count). The predicted molar refractivity (Wildman–Crippen MR) is 93.3 cm³/mol. The molecule has 0 spiro atoms. The van der Waals surface area contributed by atoms with Crippen molar-refractivity contribution < 1.29 is 13.9 Å². The number of aromatic amines is 2. The Balaban J connectivity index is 1.52. The van der Waals surface area contributed by atoms with E-state index in [9.17, 15) is 9.18 Å². The predicted octanol–water partition coefficient (Wildman–Crippen LogP) is 2.52. The summed E-state index contributed by atoms with van der Waals surface area (Å²) in [5, 5.41) is 16.7. The van der Waals surface area contributed by atoms with E-state index in [1.54, 1.807) is 18.2 Å². The van der Waals surface area contributed by atoms with Gasteiger partial charge in [-0.1, -0.05) is 6.07 Å². The van der Waals surface area contributed by atoms with Crippen molar-refractivity contribution in [2.75, 3.05) is 0 Å². The van der Waals surface area contributed by atoms with E-state index in [2.05, 4.69) is 25.7 Å². The summed E-state index contributed by atoms with van der Waals surface area (Å²) in [5.41, 5.74) is 2.76. The number of benzene rings is 1. The maximum absolute atomic E-state index is 13.1. The molecular formula is C18H20FN5O2. The molecule has 3 N–H and O–H groups in total. The number of rotatable bonds is 7. The van der Waals surface area contributed by atoms with E-state index in [1.165, 1.54) is 12.1 Å². The standard InChI is InChI=1S/C18H20FN5O2/c1-11(6-14-7-12(2)21-22-14)20-18(25)17-9-15(23-24-17)10-26-16-5-3-4-13(19)8-16/h3-5,7-9,11H,6,10H2,1-2H3,(H,20,25)(H,21,22)(H,23,24)/t11-/m1/s1. The van der Waals surface area contributed by atoms with Gasteiger partial charge in [-0.3, -0.25) is 15.0 Å². The highest BCUT2D eigenvalue weighted by atomic mass is 19.1. The molecule has 26 heavy (non-hydrogen) atoms. The first-order chi connectivity index (χ1) is 12.5. The number of H-pyrrole nitrogens is 2. The molecule has 0 saturated carbocycles. The van der Waals surface area contributed by atoms with Gasteiger partial charge in [0.15, 0.2) is 0 Å². The van der Waals surface area contributed by atoms with Crippen LogP contribution in [0.2, 0.25) is 0 Å². The zero-order valence-electron chi connectivity index (χ0n) is 14.5. The normalized spacial score (nSPS) is 12.0. The van der Waals surface area contributed by atoms with Crippen molar-refractivity contribution in [1.82, 2.24) is 25.7 Å². The van der Waals surface area contributed by atoms with Gasteiger partial charge in [0, 0.05) is 24.2 Å². The quantitative estimate of drug-likeness (QED) is 0.605. The smallest absolute Gasteiger partial charge is 0.271 e. The molecule has 0 aliphatic rings. The molecule has 1 amide bonds. The number of hydrogen-bond acceptors (Lipinski definition) is 4. The number of hydrogen-bond donors (Lipinski definition) is 3. The Morgan fingerprint density at radius 3 is 2.85 bits per heavy atom. The summed E-state index contributed by atoms with van der Waals surface area (Å²) < 4.78 is 18.6. The molecule has 0 unspecified atom stereocenters. The Bertz CT molecular complexity index is 889. The summed E-state index contributed by atoms with van der Waals surface area (Å²) in [6, 6.07) is 9.33. The van der Waals surface area contributed by atoms with Crippen LogP contribution >= 0.6 is 0 Å². The van der Waals surface area contributed by atoms with E-state index >= 15 is 0 Å². The maximum Gasteiger partial charge on any atom is 0.271 e. The van der Waals surface area contributed by atoms with Gasteiger partial charge in [-0.15, -0.1) is 0 Å². The summed E-state index contributed by atoms with van der Waals surface area (Å²) in [6.07, 6.45) is 0.621. The van der Waals surface area contributed by atoms with E-state index in [1.807, 2.05) is 19.9 Å². The Labute approximate surface area is 150 Å². The lowest BCUT2D eigenvalue weighted by atomic mass is 10.1. The fourth-order valence-electron chi connectivity index (χ4n) is 2.51. The second-order valence-electron chi connectivity index (χ2n) is 6.15. The molecule has 2 aromatic heterocycles. The van der Waals surface area contributed by atoms with Crippen molar-refractivity contribution >= 4 is 5.91 Å². The second-order valence-corrected chi connectivity index (χ2v) is 6.15. The van der Waals surface area contributed by atoms with Gasteiger partial charge in [-0.25, -0.2) is 4.39 Å². The van der Waals surface area contributed by atoms with E-state index in [0.717, 1.165) is 11.4 Å². The van der Waals surface area contributed by atoms with Crippen molar-refractivity contribution in [3.63, 3.8) is 0 Å². The largest absolute Gasteiger partial charge is 0.487 e. The van der Waals surface area contributed by atoms with Crippen LogP contribution in [0.25, 0.3) is 0 Å². The minimum atomic E-state index is -0.367.